The van der Waals surface area contributed by atoms with Crippen LogP contribution in [0.3, 0.4) is 0 Å². The van der Waals surface area contributed by atoms with E-state index in [1.807, 2.05) is 13.0 Å². The highest BCUT2D eigenvalue weighted by atomic mass is 35.5. The van der Waals surface area contributed by atoms with Gasteiger partial charge in [0.1, 0.15) is 5.82 Å². The number of carbonyl (C=O) groups is 1. The Hall–Kier alpha value is -1.92. The molecule has 3 N–H and O–H groups in total. The molecule has 2 rings (SSSR count). The maximum absolute atomic E-state index is 11.9. The minimum Gasteiger partial charge on any atom is -0.334 e. The van der Waals surface area contributed by atoms with E-state index in [-0.39, 0.29) is 30.4 Å². The van der Waals surface area contributed by atoms with Crippen molar-refractivity contribution in [3.05, 3.63) is 40.4 Å². The van der Waals surface area contributed by atoms with Gasteiger partial charge in [-0.15, -0.1) is 12.4 Å². The van der Waals surface area contributed by atoms with Crippen LogP contribution in [0.1, 0.15) is 19.7 Å². The number of halogens is 1. The third-order valence-corrected chi connectivity index (χ3v) is 3.09. The van der Waals surface area contributed by atoms with Crippen molar-refractivity contribution in [3.8, 4) is 0 Å². The Balaban J connectivity index is 0.00000220. The Kier molecular flexibility index (Phi) is 5.87. The summed E-state index contributed by atoms with van der Waals surface area (Å²) < 4.78 is 0. The summed E-state index contributed by atoms with van der Waals surface area (Å²) >= 11 is 0. The lowest BCUT2D eigenvalue weighted by Crippen LogP contribution is -2.42. The molecule has 0 radical (unpaired) electrons. The number of para-hydroxylation sites is 1. The number of nitrogens with one attached hydrogen (secondary N) is 1. The van der Waals surface area contributed by atoms with Gasteiger partial charge in [-0.1, -0.05) is 12.1 Å². The zero-order chi connectivity index (χ0) is 14.7. The van der Waals surface area contributed by atoms with Crippen LogP contribution in [0.2, 0.25) is 0 Å². The second-order valence-corrected chi connectivity index (χ2v) is 4.67. The van der Waals surface area contributed by atoms with Crippen LogP contribution in [-0.4, -0.2) is 33.4 Å². The second kappa shape index (κ2) is 7.19. The van der Waals surface area contributed by atoms with Gasteiger partial charge in [0.05, 0.1) is 23.5 Å². The van der Waals surface area contributed by atoms with Gasteiger partial charge in [-0.25, -0.2) is 4.98 Å². The Morgan fingerprint density at radius 1 is 1.43 bits per heavy atom. The van der Waals surface area contributed by atoms with Crippen LogP contribution in [0.4, 0.5) is 0 Å². The molecule has 0 saturated heterocycles. The molecule has 114 valence electrons. The summed E-state index contributed by atoms with van der Waals surface area (Å²) in [7, 11) is 0. The first-order chi connectivity index (χ1) is 9.52. The molecule has 0 spiro atoms. The molecule has 1 aromatic carbocycles. The van der Waals surface area contributed by atoms with Crippen molar-refractivity contribution >= 4 is 29.2 Å². The summed E-state index contributed by atoms with van der Waals surface area (Å²) in [5, 5.41) is 0.540. The first-order valence-corrected chi connectivity index (χ1v) is 6.55. The fraction of sp³-hybridized carbons (Fsp3) is 0.357. The summed E-state index contributed by atoms with van der Waals surface area (Å²) in [6.45, 7) is 4.26. The number of H-pyrrole nitrogens is 1. The van der Waals surface area contributed by atoms with Crippen LogP contribution in [0.25, 0.3) is 10.9 Å². The Bertz CT molecular complexity index is 684. The monoisotopic (exact) mass is 310 g/mol. The molecule has 0 bridgehead atoms. The van der Waals surface area contributed by atoms with Gasteiger partial charge >= 0.3 is 0 Å². The number of fused-ring (bicyclic) bond motifs is 1. The van der Waals surface area contributed by atoms with Gasteiger partial charge < -0.3 is 15.6 Å². The topological polar surface area (TPSA) is 92.1 Å². The van der Waals surface area contributed by atoms with Crippen LogP contribution >= 0.6 is 12.4 Å². The molecule has 0 aliphatic carbocycles. The molecule has 21 heavy (non-hydrogen) atoms. The smallest absolute Gasteiger partial charge is 0.258 e. The summed E-state index contributed by atoms with van der Waals surface area (Å²) in [4.78, 5) is 32.5. The van der Waals surface area contributed by atoms with Crippen LogP contribution < -0.4 is 11.3 Å². The highest BCUT2D eigenvalue weighted by molar-refractivity contribution is 5.85. The van der Waals surface area contributed by atoms with Crippen molar-refractivity contribution in [2.75, 3.05) is 6.54 Å². The van der Waals surface area contributed by atoms with Crippen LogP contribution in [0, 0.1) is 0 Å². The average Bonchev–Trinajstić information content (AvgIpc) is 2.44. The zero-order valence-corrected chi connectivity index (χ0v) is 12.8. The number of carbonyl (C=O) groups excluding carboxylic acids is 1. The summed E-state index contributed by atoms with van der Waals surface area (Å²) in [6.07, 6.45) is 0. The van der Waals surface area contributed by atoms with Gasteiger partial charge in [-0.2, -0.15) is 0 Å². The number of rotatable bonds is 4. The molecule has 0 fully saturated rings. The first kappa shape index (κ1) is 17.1. The van der Waals surface area contributed by atoms with Gasteiger partial charge in [0.2, 0.25) is 5.91 Å². The number of hydrogen-bond donors (Lipinski definition) is 2. The molecule has 0 aliphatic rings. The molecular formula is C14H19ClN4O2. The van der Waals surface area contributed by atoms with Crippen molar-refractivity contribution in [1.29, 1.82) is 0 Å². The number of nitrogens with two attached hydrogens (primary N) is 1. The predicted molar refractivity (Wildman–Crippen MR) is 84.4 cm³/mol. The normalized spacial score (nSPS) is 11.8. The largest absolute Gasteiger partial charge is 0.334 e. The van der Waals surface area contributed by atoms with Gasteiger partial charge in [0.15, 0.2) is 0 Å². The van der Waals surface area contributed by atoms with Crippen LogP contribution in [-0.2, 0) is 11.3 Å². The molecule has 0 unspecified atom stereocenters. The summed E-state index contributed by atoms with van der Waals surface area (Å²) in [5.41, 5.74) is 6.02. The number of aromatic nitrogens is 2. The maximum atomic E-state index is 11.9. The molecule has 0 aliphatic heterocycles. The minimum atomic E-state index is -0.567. The third-order valence-electron chi connectivity index (χ3n) is 3.09. The lowest BCUT2D eigenvalue weighted by atomic mass is 10.2. The van der Waals surface area contributed by atoms with Gasteiger partial charge in [-0.3, -0.25) is 9.59 Å². The maximum Gasteiger partial charge on any atom is 0.258 e. The number of aromatic amines is 1. The highest BCUT2D eigenvalue weighted by Crippen LogP contribution is 2.07. The molecule has 1 aromatic heterocycles. The summed E-state index contributed by atoms with van der Waals surface area (Å²) in [6, 6.07) is 6.54. The zero-order valence-electron chi connectivity index (χ0n) is 12.0. The Morgan fingerprint density at radius 3 is 2.71 bits per heavy atom. The van der Waals surface area contributed by atoms with E-state index in [0.717, 1.165) is 0 Å². The van der Waals surface area contributed by atoms with E-state index < -0.39 is 6.04 Å². The third kappa shape index (κ3) is 3.80. The van der Waals surface area contributed by atoms with Crippen molar-refractivity contribution in [2.45, 2.75) is 26.4 Å². The van der Waals surface area contributed by atoms with E-state index in [0.29, 0.717) is 23.3 Å². The Morgan fingerprint density at radius 2 is 2.10 bits per heavy atom. The standard InChI is InChI=1S/C14H18N4O2.ClH/c1-3-18(14(20)9(2)15)8-12-16-11-7-5-4-6-10(11)13(19)17-12;/h4-7,9H,3,8,15H2,1-2H3,(H,16,17,19);1H/t9-;/m1./s1. The van der Waals surface area contributed by atoms with E-state index in [2.05, 4.69) is 9.97 Å². The molecule has 1 heterocycles. The number of benzene rings is 1. The average molecular weight is 311 g/mol. The number of likely N-dealkylation sites (N-methyl/N-ethyl adjacent to an activating group) is 1. The van der Waals surface area contributed by atoms with E-state index in [1.54, 1.807) is 30.0 Å². The fourth-order valence-corrected chi connectivity index (χ4v) is 2.02. The number of amides is 1. The SMILES string of the molecule is CCN(Cc1nc2ccccc2c(=O)[nH]1)C(=O)[C@@H](C)N.Cl. The molecule has 2 aromatic rings. The summed E-state index contributed by atoms with van der Waals surface area (Å²) in [5.74, 6) is 0.299. The van der Waals surface area contributed by atoms with E-state index in [9.17, 15) is 9.59 Å². The first-order valence-electron chi connectivity index (χ1n) is 6.55. The lowest BCUT2D eigenvalue weighted by molar-refractivity contribution is -0.132. The van der Waals surface area contributed by atoms with E-state index in [4.69, 9.17) is 5.73 Å². The second-order valence-electron chi connectivity index (χ2n) is 4.67. The van der Waals surface area contributed by atoms with Gasteiger partial charge in [-0.05, 0) is 26.0 Å². The van der Waals surface area contributed by atoms with Crippen LogP contribution in [0.5, 0.6) is 0 Å². The lowest BCUT2D eigenvalue weighted by Gasteiger charge is -2.22. The minimum absolute atomic E-state index is 0. The Labute approximate surface area is 128 Å². The van der Waals surface area contributed by atoms with Crippen LogP contribution in [0.15, 0.2) is 29.1 Å². The van der Waals surface area contributed by atoms with Crippen molar-refractivity contribution in [2.24, 2.45) is 5.73 Å². The molecule has 6 nitrogen and oxygen atoms in total. The van der Waals surface area contributed by atoms with E-state index >= 15 is 0 Å². The van der Waals surface area contributed by atoms with Crippen molar-refractivity contribution < 1.29 is 4.79 Å². The molecule has 1 amide bonds. The fourth-order valence-electron chi connectivity index (χ4n) is 2.02. The van der Waals surface area contributed by atoms with Gasteiger partial charge in [0.25, 0.3) is 5.56 Å². The molecular weight excluding hydrogens is 292 g/mol. The molecule has 0 saturated carbocycles. The quantitative estimate of drug-likeness (QED) is 0.882. The number of hydrogen-bond acceptors (Lipinski definition) is 4. The number of nitrogens with zero attached hydrogens (tertiary/aromatic N) is 2. The van der Waals surface area contributed by atoms with E-state index in [1.165, 1.54) is 0 Å². The highest BCUT2D eigenvalue weighted by Gasteiger charge is 2.17. The molecule has 7 heteroatoms. The predicted octanol–water partition coefficient (Wildman–Crippen LogP) is 1.04. The van der Waals surface area contributed by atoms with Gasteiger partial charge in [0, 0.05) is 6.54 Å². The van der Waals surface area contributed by atoms with Crippen molar-refractivity contribution in [3.63, 3.8) is 0 Å². The molecule has 1 atom stereocenters. The van der Waals surface area contributed by atoms with Crippen molar-refractivity contribution in [1.82, 2.24) is 14.9 Å².